The van der Waals surface area contributed by atoms with Crippen molar-refractivity contribution < 1.29 is 13.9 Å². The van der Waals surface area contributed by atoms with Crippen LogP contribution in [0, 0.1) is 0 Å². The molecule has 0 aliphatic carbocycles. The molecule has 7 heteroatoms. The normalized spacial score (nSPS) is 10.9. The number of nitrogens with zero attached hydrogens (tertiary/aromatic N) is 1. The van der Waals surface area contributed by atoms with Crippen molar-refractivity contribution in [3.8, 4) is 5.75 Å². The van der Waals surface area contributed by atoms with E-state index in [1.165, 1.54) is 5.56 Å². The summed E-state index contributed by atoms with van der Waals surface area (Å²) in [6.45, 7) is 2.68. The number of guanidine groups is 1. The highest BCUT2D eigenvalue weighted by Crippen LogP contribution is 2.10. The Kier molecular flexibility index (Phi) is 10.7. The van der Waals surface area contributed by atoms with Crippen molar-refractivity contribution >= 4 is 29.9 Å². The Balaban J connectivity index is 0.00000312. The summed E-state index contributed by atoms with van der Waals surface area (Å²) in [5.41, 5.74) is 1.17. The fourth-order valence-corrected chi connectivity index (χ4v) is 2.10. The molecule has 6 nitrogen and oxygen atoms in total. The lowest BCUT2D eigenvalue weighted by molar-refractivity contribution is 0.105. The number of hydrogen-bond acceptors (Lipinski definition) is 4. The fourth-order valence-electron chi connectivity index (χ4n) is 2.10. The molecular formula is C18H26IN3O3. The second-order valence-corrected chi connectivity index (χ2v) is 5.19. The molecule has 0 unspecified atom stereocenters. The minimum atomic E-state index is 0. The van der Waals surface area contributed by atoms with E-state index >= 15 is 0 Å². The Bertz CT molecular complexity index is 601. The number of halogens is 1. The molecule has 25 heavy (non-hydrogen) atoms. The highest BCUT2D eigenvalue weighted by atomic mass is 127. The first-order valence-corrected chi connectivity index (χ1v) is 7.99. The second kappa shape index (κ2) is 12.6. The molecule has 1 aromatic heterocycles. The summed E-state index contributed by atoms with van der Waals surface area (Å²) in [5.74, 6) is 2.48. The number of ether oxygens (including phenoxy) is 2. The number of furan rings is 1. The Morgan fingerprint density at radius 1 is 1.16 bits per heavy atom. The maximum atomic E-state index is 5.54. The van der Waals surface area contributed by atoms with Crippen LogP contribution in [0.2, 0.25) is 0 Å². The monoisotopic (exact) mass is 459 g/mol. The van der Waals surface area contributed by atoms with Crippen LogP contribution >= 0.6 is 24.0 Å². The standard InChI is InChI=1S/C18H25N3O3.HI/c1-19-18(21-13-15-6-8-16(22-2)9-7-15)20-10-4-11-23-14-17-5-3-12-24-17;/h3,5-9,12H,4,10-11,13-14H2,1-2H3,(H2,19,20,21);1H. The van der Waals surface area contributed by atoms with Crippen LogP contribution in [-0.4, -0.2) is 33.3 Å². The largest absolute Gasteiger partial charge is 0.497 e. The van der Waals surface area contributed by atoms with Crippen molar-refractivity contribution in [2.45, 2.75) is 19.6 Å². The van der Waals surface area contributed by atoms with Crippen LogP contribution in [-0.2, 0) is 17.9 Å². The van der Waals surface area contributed by atoms with Gasteiger partial charge in [0.25, 0.3) is 0 Å². The summed E-state index contributed by atoms with van der Waals surface area (Å²) in [4.78, 5) is 4.21. The van der Waals surface area contributed by atoms with E-state index in [1.54, 1.807) is 20.4 Å². The van der Waals surface area contributed by atoms with Gasteiger partial charge in [-0.25, -0.2) is 0 Å². The molecule has 2 N–H and O–H groups in total. The topological polar surface area (TPSA) is 68.0 Å². The quantitative estimate of drug-likeness (QED) is 0.261. The molecule has 138 valence electrons. The second-order valence-electron chi connectivity index (χ2n) is 5.19. The molecule has 1 heterocycles. The van der Waals surface area contributed by atoms with E-state index in [0.717, 1.165) is 30.4 Å². The van der Waals surface area contributed by atoms with Crippen LogP contribution in [0.3, 0.4) is 0 Å². The third-order valence-corrected chi connectivity index (χ3v) is 3.42. The molecule has 0 fully saturated rings. The van der Waals surface area contributed by atoms with Crippen molar-refractivity contribution in [2.75, 3.05) is 27.3 Å². The minimum Gasteiger partial charge on any atom is -0.497 e. The fraction of sp³-hybridized carbons (Fsp3) is 0.389. The lowest BCUT2D eigenvalue weighted by atomic mass is 10.2. The Hall–Kier alpha value is -1.74. The summed E-state index contributed by atoms with van der Waals surface area (Å²) >= 11 is 0. The third-order valence-electron chi connectivity index (χ3n) is 3.42. The lowest BCUT2D eigenvalue weighted by Crippen LogP contribution is -2.37. The van der Waals surface area contributed by atoms with Gasteiger partial charge in [-0.05, 0) is 36.2 Å². The van der Waals surface area contributed by atoms with Gasteiger partial charge in [-0.2, -0.15) is 0 Å². The maximum absolute atomic E-state index is 5.54. The Morgan fingerprint density at radius 2 is 1.96 bits per heavy atom. The van der Waals surface area contributed by atoms with Gasteiger partial charge in [0, 0.05) is 26.7 Å². The van der Waals surface area contributed by atoms with Crippen molar-refractivity contribution in [3.63, 3.8) is 0 Å². The van der Waals surface area contributed by atoms with E-state index in [2.05, 4.69) is 15.6 Å². The summed E-state index contributed by atoms with van der Waals surface area (Å²) in [6.07, 6.45) is 2.54. The molecule has 2 rings (SSSR count). The number of methoxy groups -OCH3 is 1. The first-order chi connectivity index (χ1) is 11.8. The van der Waals surface area contributed by atoms with Crippen LogP contribution in [0.5, 0.6) is 5.75 Å². The van der Waals surface area contributed by atoms with Crippen LogP contribution in [0.25, 0.3) is 0 Å². The molecule has 0 saturated carbocycles. The van der Waals surface area contributed by atoms with E-state index in [0.29, 0.717) is 19.8 Å². The third kappa shape index (κ3) is 8.26. The molecular weight excluding hydrogens is 433 g/mol. The molecule has 0 radical (unpaired) electrons. The first-order valence-electron chi connectivity index (χ1n) is 7.99. The summed E-state index contributed by atoms with van der Waals surface area (Å²) < 4.78 is 15.9. The summed E-state index contributed by atoms with van der Waals surface area (Å²) in [6, 6.07) is 11.7. The molecule has 0 spiro atoms. The first kappa shape index (κ1) is 21.3. The number of nitrogens with one attached hydrogen (secondary N) is 2. The van der Waals surface area contributed by atoms with Crippen LogP contribution in [0.4, 0.5) is 0 Å². The SMILES string of the molecule is CN=C(NCCCOCc1ccco1)NCc1ccc(OC)cc1.I. The number of rotatable bonds is 9. The van der Waals surface area contributed by atoms with Crippen molar-refractivity contribution in [1.29, 1.82) is 0 Å². The summed E-state index contributed by atoms with van der Waals surface area (Å²) in [5, 5.41) is 6.55. The lowest BCUT2D eigenvalue weighted by Gasteiger charge is -2.12. The van der Waals surface area contributed by atoms with Crippen molar-refractivity contribution in [2.24, 2.45) is 4.99 Å². The van der Waals surface area contributed by atoms with Crippen LogP contribution in [0.15, 0.2) is 52.1 Å². The zero-order valence-electron chi connectivity index (χ0n) is 14.7. The average molecular weight is 459 g/mol. The molecule has 0 aliphatic rings. The number of aliphatic imine (C=N–C) groups is 1. The van der Waals surface area contributed by atoms with E-state index in [-0.39, 0.29) is 24.0 Å². The van der Waals surface area contributed by atoms with Gasteiger partial charge in [0.05, 0.1) is 13.4 Å². The predicted octanol–water partition coefficient (Wildman–Crippen LogP) is 3.18. The van der Waals surface area contributed by atoms with Crippen LogP contribution in [0.1, 0.15) is 17.7 Å². The van der Waals surface area contributed by atoms with Gasteiger partial charge >= 0.3 is 0 Å². The van der Waals surface area contributed by atoms with Gasteiger partial charge in [-0.15, -0.1) is 24.0 Å². The zero-order chi connectivity index (χ0) is 17.0. The van der Waals surface area contributed by atoms with E-state index in [4.69, 9.17) is 13.9 Å². The number of hydrogen-bond donors (Lipinski definition) is 2. The van der Waals surface area contributed by atoms with Gasteiger partial charge < -0.3 is 24.5 Å². The maximum Gasteiger partial charge on any atom is 0.191 e. The summed E-state index contributed by atoms with van der Waals surface area (Å²) in [7, 11) is 3.42. The van der Waals surface area contributed by atoms with Gasteiger partial charge in [0.15, 0.2) is 5.96 Å². The van der Waals surface area contributed by atoms with Gasteiger partial charge in [0.1, 0.15) is 18.1 Å². The van der Waals surface area contributed by atoms with Gasteiger partial charge in [-0.3, -0.25) is 4.99 Å². The molecule has 2 aromatic rings. The smallest absolute Gasteiger partial charge is 0.191 e. The van der Waals surface area contributed by atoms with Gasteiger partial charge in [-0.1, -0.05) is 12.1 Å². The van der Waals surface area contributed by atoms with Crippen LogP contribution < -0.4 is 15.4 Å². The van der Waals surface area contributed by atoms with Crippen molar-refractivity contribution in [3.05, 3.63) is 54.0 Å². The van der Waals surface area contributed by atoms with E-state index < -0.39 is 0 Å². The molecule has 1 aromatic carbocycles. The minimum absolute atomic E-state index is 0. The highest BCUT2D eigenvalue weighted by molar-refractivity contribution is 14.0. The van der Waals surface area contributed by atoms with Gasteiger partial charge in [0.2, 0.25) is 0 Å². The Labute approximate surface area is 166 Å². The number of benzene rings is 1. The molecule has 0 atom stereocenters. The van der Waals surface area contributed by atoms with Crippen molar-refractivity contribution in [1.82, 2.24) is 10.6 Å². The predicted molar refractivity (Wildman–Crippen MR) is 110 cm³/mol. The molecule has 0 saturated heterocycles. The molecule has 0 bridgehead atoms. The highest BCUT2D eigenvalue weighted by Gasteiger charge is 1.99. The molecule has 0 aliphatic heterocycles. The Morgan fingerprint density at radius 3 is 2.60 bits per heavy atom. The zero-order valence-corrected chi connectivity index (χ0v) is 17.0. The molecule has 0 amide bonds. The van der Waals surface area contributed by atoms with E-state index in [1.807, 2.05) is 36.4 Å². The average Bonchev–Trinajstić information content (AvgIpc) is 3.14. The van der Waals surface area contributed by atoms with E-state index in [9.17, 15) is 0 Å².